The van der Waals surface area contributed by atoms with Gasteiger partial charge in [-0.15, -0.1) is 0 Å². The summed E-state index contributed by atoms with van der Waals surface area (Å²) in [7, 11) is 1.54. The van der Waals surface area contributed by atoms with Crippen molar-refractivity contribution >= 4 is 11.9 Å². The number of carboxylic acids is 1. The lowest BCUT2D eigenvalue weighted by molar-refractivity contribution is -0.143. The van der Waals surface area contributed by atoms with E-state index in [2.05, 4.69) is 41.3 Å². The fraction of sp³-hybridized carbons (Fsp3) is 0.200. The highest BCUT2D eigenvalue weighted by molar-refractivity contribution is 5.88. The Balaban J connectivity index is 1.85. The molecule has 0 bridgehead atoms. The van der Waals surface area contributed by atoms with Crippen LogP contribution in [0.15, 0.2) is 91.0 Å². The van der Waals surface area contributed by atoms with E-state index in [4.69, 9.17) is 5.11 Å². The molecular weight excluding hydrogens is 376 g/mol. The minimum Gasteiger partial charge on any atom is -0.480 e. The third-order valence-electron chi connectivity index (χ3n) is 5.65. The smallest absolute Gasteiger partial charge is 0.323 e. The average Bonchev–Trinajstić information content (AvgIpc) is 3.57. The third-order valence-corrected chi connectivity index (χ3v) is 5.65. The summed E-state index contributed by atoms with van der Waals surface area (Å²) < 4.78 is 0. The van der Waals surface area contributed by atoms with Crippen molar-refractivity contribution in [2.45, 2.75) is 11.6 Å². The zero-order chi connectivity index (χ0) is 21.1. The van der Waals surface area contributed by atoms with Crippen LogP contribution in [0.5, 0.6) is 0 Å². The molecule has 0 aromatic heterocycles. The number of carboxylic acid groups (broad SMARTS) is 1. The Bertz CT molecular complexity index is 925. The highest BCUT2D eigenvalue weighted by atomic mass is 16.4. The van der Waals surface area contributed by atoms with Crippen molar-refractivity contribution in [3.63, 3.8) is 0 Å². The maximum Gasteiger partial charge on any atom is 0.323 e. The third kappa shape index (κ3) is 3.48. The zero-order valence-corrected chi connectivity index (χ0v) is 16.8. The van der Waals surface area contributed by atoms with E-state index in [1.165, 1.54) is 4.90 Å². The maximum absolute atomic E-state index is 13.0. The van der Waals surface area contributed by atoms with Crippen LogP contribution in [0.2, 0.25) is 0 Å². The van der Waals surface area contributed by atoms with Gasteiger partial charge >= 0.3 is 5.97 Å². The Hall–Kier alpha value is -3.44. The summed E-state index contributed by atoms with van der Waals surface area (Å²) in [6.45, 7) is 0.250. The standard InChI is InChI=1S/C25H24N2O3/c1-26(18-23(28)29)24(30)22-17-27(22)25(19-11-5-2-6-12-19,20-13-7-3-8-14-20)21-15-9-4-10-16-21/h2-16,22H,17-18H2,1H3,(H,28,29)/t22-,27?/m1/s1. The first kappa shape index (κ1) is 19.9. The van der Waals surface area contributed by atoms with E-state index in [1.807, 2.05) is 54.6 Å². The van der Waals surface area contributed by atoms with Gasteiger partial charge in [-0.1, -0.05) is 91.0 Å². The van der Waals surface area contributed by atoms with Crippen molar-refractivity contribution in [3.05, 3.63) is 108 Å². The lowest BCUT2D eigenvalue weighted by Gasteiger charge is -2.38. The Morgan fingerprint density at radius 2 is 1.27 bits per heavy atom. The number of amides is 1. The minimum absolute atomic E-state index is 0.176. The number of hydrogen-bond donors (Lipinski definition) is 1. The van der Waals surface area contributed by atoms with Crippen LogP contribution in [0.1, 0.15) is 16.7 Å². The zero-order valence-electron chi connectivity index (χ0n) is 16.8. The molecule has 1 heterocycles. The molecule has 0 radical (unpaired) electrons. The van der Waals surface area contributed by atoms with E-state index in [9.17, 15) is 9.59 Å². The highest BCUT2D eigenvalue weighted by Crippen LogP contribution is 2.48. The predicted octanol–water partition coefficient (Wildman–Crippen LogP) is 3.21. The lowest BCUT2D eigenvalue weighted by Crippen LogP contribution is -2.43. The van der Waals surface area contributed by atoms with Crippen LogP contribution < -0.4 is 0 Å². The molecule has 3 aromatic carbocycles. The van der Waals surface area contributed by atoms with Gasteiger partial charge < -0.3 is 10.0 Å². The minimum atomic E-state index is -1.02. The van der Waals surface area contributed by atoms with E-state index >= 15 is 0 Å². The molecule has 1 N–H and O–H groups in total. The molecule has 0 spiro atoms. The molecule has 1 aliphatic rings. The van der Waals surface area contributed by atoms with Crippen LogP contribution in [0.3, 0.4) is 0 Å². The number of carbonyl (C=O) groups is 2. The van der Waals surface area contributed by atoms with E-state index in [0.717, 1.165) is 16.7 Å². The first-order valence-electron chi connectivity index (χ1n) is 9.95. The molecule has 1 saturated heterocycles. The van der Waals surface area contributed by atoms with Crippen molar-refractivity contribution in [3.8, 4) is 0 Å². The van der Waals surface area contributed by atoms with Crippen LogP contribution >= 0.6 is 0 Å². The number of carbonyl (C=O) groups excluding carboxylic acids is 1. The predicted molar refractivity (Wildman–Crippen MR) is 115 cm³/mol. The first-order chi connectivity index (χ1) is 14.5. The molecule has 152 valence electrons. The van der Waals surface area contributed by atoms with E-state index in [0.29, 0.717) is 6.54 Å². The van der Waals surface area contributed by atoms with Crippen molar-refractivity contribution in [1.29, 1.82) is 0 Å². The van der Waals surface area contributed by atoms with Crippen LogP contribution in [-0.4, -0.2) is 53.0 Å². The maximum atomic E-state index is 13.0. The van der Waals surface area contributed by atoms with Crippen LogP contribution in [-0.2, 0) is 15.1 Å². The number of nitrogens with zero attached hydrogens (tertiary/aromatic N) is 2. The number of likely N-dealkylation sites (N-methyl/N-ethyl adjacent to an activating group) is 1. The number of rotatable bonds is 7. The largest absolute Gasteiger partial charge is 0.480 e. The molecule has 0 saturated carbocycles. The van der Waals surface area contributed by atoms with Gasteiger partial charge in [0.1, 0.15) is 12.6 Å². The number of benzene rings is 3. The molecule has 30 heavy (non-hydrogen) atoms. The van der Waals surface area contributed by atoms with Gasteiger partial charge in [-0.3, -0.25) is 14.5 Å². The fourth-order valence-corrected chi connectivity index (χ4v) is 4.29. The summed E-state index contributed by atoms with van der Waals surface area (Å²) in [5, 5.41) is 9.09. The Labute approximate surface area is 176 Å². The molecule has 5 nitrogen and oxygen atoms in total. The second kappa shape index (κ2) is 8.13. The van der Waals surface area contributed by atoms with Crippen LogP contribution in [0, 0.1) is 0 Å². The van der Waals surface area contributed by atoms with Crippen molar-refractivity contribution in [1.82, 2.24) is 9.80 Å². The molecule has 1 aliphatic heterocycles. The van der Waals surface area contributed by atoms with E-state index in [-0.39, 0.29) is 18.5 Å². The molecule has 2 atom stereocenters. The Morgan fingerprint density at radius 1 is 0.867 bits per heavy atom. The summed E-state index contributed by atoms with van der Waals surface area (Å²) in [4.78, 5) is 27.6. The quantitative estimate of drug-likeness (QED) is 0.489. The summed E-state index contributed by atoms with van der Waals surface area (Å²) in [6.07, 6.45) is 0. The normalized spacial score (nSPS) is 17.9. The fourth-order valence-electron chi connectivity index (χ4n) is 4.29. The topological polar surface area (TPSA) is 60.6 Å². The molecule has 1 amide bonds. The number of hydrogen-bond acceptors (Lipinski definition) is 3. The van der Waals surface area contributed by atoms with E-state index < -0.39 is 11.5 Å². The highest BCUT2D eigenvalue weighted by Gasteiger charge is 2.56. The second-order valence-electron chi connectivity index (χ2n) is 7.56. The lowest BCUT2D eigenvalue weighted by atomic mass is 9.76. The molecule has 1 fully saturated rings. The van der Waals surface area contributed by atoms with Gasteiger partial charge in [-0.2, -0.15) is 0 Å². The SMILES string of the molecule is CN(CC(=O)O)C(=O)[C@H]1CN1C(c1ccccc1)(c1ccccc1)c1ccccc1. The summed E-state index contributed by atoms with van der Waals surface area (Å²) in [6, 6.07) is 30.1. The molecule has 0 aliphatic carbocycles. The van der Waals surface area contributed by atoms with Gasteiger partial charge in [0.15, 0.2) is 0 Å². The molecule has 4 rings (SSSR count). The van der Waals surface area contributed by atoms with Gasteiger partial charge in [0, 0.05) is 13.6 Å². The Kier molecular flexibility index (Phi) is 5.38. The number of aliphatic carboxylic acids is 1. The van der Waals surface area contributed by atoms with Gasteiger partial charge in [0.2, 0.25) is 5.91 Å². The van der Waals surface area contributed by atoms with Crippen molar-refractivity contribution in [2.24, 2.45) is 0 Å². The van der Waals surface area contributed by atoms with Gasteiger partial charge in [-0.05, 0) is 16.7 Å². The summed E-state index contributed by atoms with van der Waals surface area (Å²) in [5.74, 6) is -1.19. The molecule has 3 aromatic rings. The average molecular weight is 400 g/mol. The van der Waals surface area contributed by atoms with Crippen LogP contribution in [0.25, 0.3) is 0 Å². The Morgan fingerprint density at radius 3 is 1.63 bits per heavy atom. The summed E-state index contributed by atoms with van der Waals surface area (Å²) >= 11 is 0. The van der Waals surface area contributed by atoms with E-state index in [1.54, 1.807) is 7.05 Å². The molecular formula is C25H24N2O3. The van der Waals surface area contributed by atoms with Crippen LogP contribution in [0.4, 0.5) is 0 Å². The molecule has 1 unspecified atom stereocenters. The monoisotopic (exact) mass is 400 g/mol. The second-order valence-corrected chi connectivity index (χ2v) is 7.56. The molecule has 5 heteroatoms. The first-order valence-corrected chi connectivity index (χ1v) is 9.95. The van der Waals surface area contributed by atoms with Gasteiger partial charge in [0.25, 0.3) is 0 Å². The van der Waals surface area contributed by atoms with Crippen molar-refractivity contribution in [2.75, 3.05) is 20.1 Å². The van der Waals surface area contributed by atoms with Gasteiger partial charge in [-0.25, -0.2) is 0 Å². The van der Waals surface area contributed by atoms with Gasteiger partial charge in [0.05, 0.1) is 5.54 Å². The summed E-state index contributed by atoms with van der Waals surface area (Å²) in [5.41, 5.74) is 2.56. The van der Waals surface area contributed by atoms with Crippen molar-refractivity contribution < 1.29 is 14.7 Å².